The molecule has 0 bridgehead atoms. The molecule has 0 radical (unpaired) electrons. The summed E-state index contributed by atoms with van der Waals surface area (Å²) in [5.74, 6) is 0.925. The third-order valence-electron chi connectivity index (χ3n) is 4.40. The quantitative estimate of drug-likeness (QED) is 0.687. The fourth-order valence-corrected chi connectivity index (χ4v) is 2.97. The highest BCUT2D eigenvalue weighted by Gasteiger charge is 2.18. The Morgan fingerprint density at radius 1 is 1.06 bits per heavy atom. The van der Waals surface area contributed by atoms with Crippen LogP contribution in [-0.2, 0) is 0 Å². The van der Waals surface area contributed by atoms with Crippen molar-refractivity contribution in [2.24, 2.45) is 5.92 Å². The molecule has 0 aliphatic heterocycles. The number of nitrogens with one attached hydrogen (secondary N) is 1. The van der Waals surface area contributed by atoms with Gasteiger partial charge in [-0.15, -0.1) is 0 Å². The Hall–Kier alpha value is -0.0800. The molecule has 0 heterocycles. The average molecular weight is 240 g/mol. The lowest BCUT2D eigenvalue weighted by molar-refractivity contribution is 0.277. The fraction of sp³-hybridized carbons (Fsp3) is 1.00. The standard InChI is InChI=1S/C15H32N2/c1-4-17(5-2)13-12-16-14(3)15-10-8-6-7-9-11-15/h14-16H,4-13H2,1-3H3/t14-/m1/s1. The van der Waals surface area contributed by atoms with Crippen LogP contribution in [0.1, 0.15) is 59.3 Å². The van der Waals surface area contributed by atoms with Gasteiger partial charge in [-0.2, -0.15) is 0 Å². The summed E-state index contributed by atoms with van der Waals surface area (Å²) in [5, 5.41) is 3.74. The molecule has 0 aromatic carbocycles. The van der Waals surface area contributed by atoms with E-state index in [1.165, 1.54) is 58.2 Å². The van der Waals surface area contributed by atoms with E-state index in [0.29, 0.717) is 6.04 Å². The van der Waals surface area contributed by atoms with Gasteiger partial charge in [-0.1, -0.05) is 39.5 Å². The van der Waals surface area contributed by atoms with Crippen LogP contribution in [0.4, 0.5) is 0 Å². The summed E-state index contributed by atoms with van der Waals surface area (Å²) >= 11 is 0. The van der Waals surface area contributed by atoms with Gasteiger partial charge in [0, 0.05) is 19.1 Å². The molecule has 1 saturated carbocycles. The van der Waals surface area contributed by atoms with E-state index in [1.54, 1.807) is 0 Å². The Morgan fingerprint density at radius 3 is 2.18 bits per heavy atom. The van der Waals surface area contributed by atoms with Crippen LogP contribution in [-0.4, -0.2) is 37.1 Å². The summed E-state index contributed by atoms with van der Waals surface area (Å²) in [6.07, 6.45) is 8.71. The smallest absolute Gasteiger partial charge is 0.0107 e. The van der Waals surface area contributed by atoms with E-state index >= 15 is 0 Å². The second-order valence-corrected chi connectivity index (χ2v) is 5.52. The Bertz CT molecular complexity index is 170. The van der Waals surface area contributed by atoms with Gasteiger partial charge in [-0.25, -0.2) is 0 Å². The lowest BCUT2D eigenvalue weighted by Gasteiger charge is -2.25. The summed E-state index contributed by atoms with van der Waals surface area (Å²) in [6.45, 7) is 11.6. The van der Waals surface area contributed by atoms with E-state index in [9.17, 15) is 0 Å². The Morgan fingerprint density at radius 2 is 1.65 bits per heavy atom. The SMILES string of the molecule is CCN(CC)CCN[C@H](C)C1CCCCCC1. The largest absolute Gasteiger partial charge is 0.313 e. The summed E-state index contributed by atoms with van der Waals surface area (Å²) < 4.78 is 0. The van der Waals surface area contributed by atoms with Crippen molar-refractivity contribution in [2.75, 3.05) is 26.2 Å². The molecule has 1 N–H and O–H groups in total. The maximum atomic E-state index is 3.74. The molecule has 2 heteroatoms. The molecule has 0 amide bonds. The predicted octanol–water partition coefficient (Wildman–Crippen LogP) is 3.28. The highest BCUT2D eigenvalue weighted by molar-refractivity contribution is 4.75. The van der Waals surface area contributed by atoms with Gasteiger partial charge in [0.05, 0.1) is 0 Å². The lowest BCUT2D eigenvalue weighted by atomic mass is 9.93. The van der Waals surface area contributed by atoms with E-state index in [4.69, 9.17) is 0 Å². The van der Waals surface area contributed by atoms with Crippen molar-refractivity contribution in [1.29, 1.82) is 0 Å². The van der Waals surface area contributed by atoms with Crippen molar-refractivity contribution in [3.05, 3.63) is 0 Å². The second-order valence-electron chi connectivity index (χ2n) is 5.52. The molecule has 0 aromatic heterocycles. The van der Waals surface area contributed by atoms with Crippen molar-refractivity contribution in [3.63, 3.8) is 0 Å². The van der Waals surface area contributed by atoms with Gasteiger partial charge in [-0.05, 0) is 38.8 Å². The molecule has 1 aliphatic carbocycles. The first-order chi connectivity index (χ1) is 8.27. The van der Waals surface area contributed by atoms with Gasteiger partial charge in [0.1, 0.15) is 0 Å². The molecule has 102 valence electrons. The van der Waals surface area contributed by atoms with Crippen LogP contribution in [0.5, 0.6) is 0 Å². The van der Waals surface area contributed by atoms with Crippen molar-refractivity contribution < 1.29 is 0 Å². The molecule has 0 spiro atoms. The van der Waals surface area contributed by atoms with Crippen LogP contribution in [0, 0.1) is 5.92 Å². The van der Waals surface area contributed by atoms with Gasteiger partial charge in [0.25, 0.3) is 0 Å². The summed E-state index contributed by atoms with van der Waals surface area (Å²) in [5.41, 5.74) is 0. The molecule has 0 unspecified atom stereocenters. The first-order valence-corrected chi connectivity index (χ1v) is 7.73. The number of nitrogens with zero attached hydrogens (tertiary/aromatic N) is 1. The number of hydrogen-bond donors (Lipinski definition) is 1. The van der Waals surface area contributed by atoms with E-state index in [2.05, 4.69) is 31.0 Å². The predicted molar refractivity (Wildman–Crippen MR) is 76.4 cm³/mol. The fourth-order valence-electron chi connectivity index (χ4n) is 2.97. The van der Waals surface area contributed by atoms with Crippen LogP contribution in [0.15, 0.2) is 0 Å². The molecule has 0 aromatic rings. The summed E-state index contributed by atoms with van der Waals surface area (Å²) in [7, 11) is 0. The van der Waals surface area contributed by atoms with E-state index < -0.39 is 0 Å². The van der Waals surface area contributed by atoms with Crippen LogP contribution in [0.2, 0.25) is 0 Å². The molecule has 2 nitrogen and oxygen atoms in total. The molecule has 0 saturated heterocycles. The number of hydrogen-bond acceptors (Lipinski definition) is 2. The molecular formula is C15H32N2. The zero-order valence-corrected chi connectivity index (χ0v) is 12.2. The van der Waals surface area contributed by atoms with Crippen LogP contribution in [0.3, 0.4) is 0 Å². The first kappa shape index (κ1) is 15.0. The van der Waals surface area contributed by atoms with Crippen molar-refractivity contribution in [3.8, 4) is 0 Å². The summed E-state index contributed by atoms with van der Waals surface area (Å²) in [4.78, 5) is 2.49. The van der Waals surface area contributed by atoms with Crippen LogP contribution < -0.4 is 5.32 Å². The average Bonchev–Trinajstić information content (AvgIpc) is 2.63. The second kappa shape index (κ2) is 8.93. The van der Waals surface area contributed by atoms with Crippen molar-refractivity contribution in [2.45, 2.75) is 65.3 Å². The molecular weight excluding hydrogens is 208 g/mol. The Kier molecular flexibility index (Phi) is 7.87. The maximum Gasteiger partial charge on any atom is 0.0107 e. The van der Waals surface area contributed by atoms with Crippen LogP contribution >= 0.6 is 0 Å². The number of rotatable bonds is 7. The van der Waals surface area contributed by atoms with Gasteiger partial charge >= 0.3 is 0 Å². The van der Waals surface area contributed by atoms with Crippen molar-refractivity contribution >= 4 is 0 Å². The minimum absolute atomic E-state index is 0.712. The minimum atomic E-state index is 0.712. The van der Waals surface area contributed by atoms with Crippen LogP contribution in [0.25, 0.3) is 0 Å². The van der Waals surface area contributed by atoms with E-state index in [1.807, 2.05) is 0 Å². The highest BCUT2D eigenvalue weighted by atomic mass is 15.1. The van der Waals surface area contributed by atoms with Gasteiger partial charge in [-0.3, -0.25) is 0 Å². The third kappa shape index (κ3) is 5.87. The minimum Gasteiger partial charge on any atom is -0.313 e. The van der Waals surface area contributed by atoms with Gasteiger partial charge in [0.15, 0.2) is 0 Å². The Balaban J connectivity index is 2.16. The number of likely N-dealkylation sites (N-methyl/N-ethyl adjacent to an activating group) is 1. The zero-order valence-electron chi connectivity index (χ0n) is 12.2. The molecule has 1 atom stereocenters. The molecule has 1 rings (SSSR count). The monoisotopic (exact) mass is 240 g/mol. The van der Waals surface area contributed by atoms with Gasteiger partial charge < -0.3 is 10.2 Å². The highest BCUT2D eigenvalue weighted by Crippen LogP contribution is 2.25. The first-order valence-electron chi connectivity index (χ1n) is 7.73. The Labute approximate surface area is 108 Å². The van der Waals surface area contributed by atoms with E-state index in [0.717, 1.165) is 12.5 Å². The zero-order chi connectivity index (χ0) is 12.5. The van der Waals surface area contributed by atoms with E-state index in [-0.39, 0.29) is 0 Å². The third-order valence-corrected chi connectivity index (χ3v) is 4.40. The normalized spacial score (nSPS) is 20.5. The molecule has 1 aliphatic rings. The lowest BCUT2D eigenvalue weighted by Crippen LogP contribution is -2.39. The molecule has 17 heavy (non-hydrogen) atoms. The topological polar surface area (TPSA) is 15.3 Å². The summed E-state index contributed by atoms with van der Waals surface area (Å²) in [6, 6.07) is 0.712. The van der Waals surface area contributed by atoms with Crippen molar-refractivity contribution in [1.82, 2.24) is 10.2 Å². The van der Waals surface area contributed by atoms with Gasteiger partial charge in [0.2, 0.25) is 0 Å². The molecule has 1 fully saturated rings. The maximum absolute atomic E-state index is 3.74.